The number of hydrogen-bond donors (Lipinski definition) is 2. The summed E-state index contributed by atoms with van der Waals surface area (Å²) in [6, 6.07) is 15.6. The molecule has 2 aromatic rings. The Hall–Kier alpha value is -2.77. The largest absolute Gasteiger partial charge is 0.507 e. The van der Waals surface area contributed by atoms with E-state index in [1.54, 1.807) is 0 Å². The zero-order chi connectivity index (χ0) is 15.9. The van der Waals surface area contributed by atoms with E-state index in [0.29, 0.717) is 17.1 Å². The number of carbonyl (C=O) groups excluding carboxylic acids is 1. The maximum atomic E-state index is 12.0. The molecule has 0 atom stereocenters. The summed E-state index contributed by atoms with van der Waals surface area (Å²) in [5.41, 5.74) is 1.14. The zero-order valence-corrected chi connectivity index (χ0v) is 12.3. The van der Waals surface area contributed by atoms with Crippen LogP contribution in [0, 0.1) is 11.3 Å². The first-order chi connectivity index (χ1) is 10.6. The number of benzene rings is 2. The lowest BCUT2D eigenvalue weighted by Crippen LogP contribution is -2.23. The Morgan fingerprint density at radius 2 is 2.00 bits per heavy atom. The van der Waals surface area contributed by atoms with E-state index in [4.69, 9.17) is 16.9 Å². The van der Waals surface area contributed by atoms with Crippen molar-refractivity contribution in [2.24, 2.45) is 0 Å². The van der Waals surface area contributed by atoms with Gasteiger partial charge in [0, 0.05) is 17.1 Å². The summed E-state index contributed by atoms with van der Waals surface area (Å²) >= 11 is 5.84. The van der Waals surface area contributed by atoms with Crippen LogP contribution in [0.3, 0.4) is 0 Å². The van der Waals surface area contributed by atoms with Crippen LogP contribution in [0.15, 0.2) is 54.1 Å². The first kappa shape index (κ1) is 15.6. The number of phenolic OH excluding ortho intramolecular Hbond substituents is 1. The van der Waals surface area contributed by atoms with Gasteiger partial charge in [-0.15, -0.1) is 0 Å². The van der Waals surface area contributed by atoms with Crippen LogP contribution in [-0.2, 0) is 11.3 Å². The van der Waals surface area contributed by atoms with Crippen LogP contribution in [0.2, 0.25) is 5.02 Å². The van der Waals surface area contributed by atoms with Gasteiger partial charge < -0.3 is 10.4 Å². The third-order valence-electron chi connectivity index (χ3n) is 2.95. The number of amides is 1. The van der Waals surface area contributed by atoms with Crippen LogP contribution in [0.25, 0.3) is 6.08 Å². The summed E-state index contributed by atoms with van der Waals surface area (Å²) in [6.07, 6.45) is 1.31. The molecular weight excluding hydrogens is 300 g/mol. The Labute approximate surface area is 133 Å². The molecule has 0 aliphatic rings. The highest BCUT2D eigenvalue weighted by atomic mass is 35.5. The van der Waals surface area contributed by atoms with Gasteiger partial charge in [-0.25, -0.2) is 0 Å². The molecule has 0 fully saturated rings. The predicted molar refractivity (Wildman–Crippen MR) is 85.0 cm³/mol. The van der Waals surface area contributed by atoms with Crippen LogP contribution in [0.4, 0.5) is 0 Å². The normalized spacial score (nSPS) is 10.8. The summed E-state index contributed by atoms with van der Waals surface area (Å²) in [4.78, 5) is 12.0. The molecule has 2 rings (SSSR count). The number of aromatic hydroxyl groups is 1. The second kappa shape index (κ2) is 7.30. The fraction of sp³-hybridized carbons (Fsp3) is 0.0588. The zero-order valence-electron chi connectivity index (χ0n) is 11.6. The van der Waals surface area contributed by atoms with E-state index in [0.717, 1.165) is 5.56 Å². The van der Waals surface area contributed by atoms with Gasteiger partial charge in [0.05, 0.1) is 0 Å². The van der Waals surface area contributed by atoms with E-state index >= 15 is 0 Å². The minimum atomic E-state index is -0.509. The van der Waals surface area contributed by atoms with E-state index in [9.17, 15) is 9.90 Å². The first-order valence-electron chi connectivity index (χ1n) is 6.52. The molecule has 0 saturated carbocycles. The smallest absolute Gasteiger partial charge is 0.262 e. The summed E-state index contributed by atoms with van der Waals surface area (Å²) in [5, 5.41) is 21.9. The van der Waals surface area contributed by atoms with Gasteiger partial charge in [-0.1, -0.05) is 41.9 Å². The van der Waals surface area contributed by atoms with Crippen LogP contribution in [0.1, 0.15) is 11.1 Å². The summed E-state index contributed by atoms with van der Waals surface area (Å²) < 4.78 is 0. The van der Waals surface area contributed by atoms with Gasteiger partial charge in [-0.3, -0.25) is 4.79 Å². The van der Waals surface area contributed by atoms with Crippen LogP contribution in [-0.4, -0.2) is 11.0 Å². The molecule has 0 bridgehead atoms. The van der Waals surface area contributed by atoms with Gasteiger partial charge >= 0.3 is 0 Å². The third kappa shape index (κ3) is 4.11. The summed E-state index contributed by atoms with van der Waals surface area (Å²) in [5.74, 6) is -0.557. The minimum absolute atomic E-state index is 0.0481. The van der Waals surface area contributed by atoms with Crippen molar-refractivity contribution >= 4 is 23.6 Å². The Balaban J connectivity index is 2.14. The molecule has 1 amide bonds. The fourth-order valence-corrected chi connectivity index (χ4v) is 2.00. The second-order valence-electron chi connectivity index (χ2n) is 4.54. The molecule has 0 saturated heterocycles. The van der Waals surface area contributed by atoms with Crippen molar-refractivity contribution in [3.05, 3.63) is 70.3 Å². The Morgan fingerprint density at radius 1 is 1.27 bits per heavy atom. The van der Waals surface area contributed by atoms with Gasteiger partial charge in [0.1, 0.15) is 17.4 Å². The third-order valence-corrected chi connectivity index (χ3v) is 3.19. The minimum Gasteiger partial charge on any atom is -0.507 e. The molecule has 5 heteroatoms. The summed E-state index contributed by atoms with van der Waals surface area (Å²) in [6.45, 7) is 0.320. The average molecular weight is 313 g/mol. The molecule has 0 heterocycles. The topological polar surface area (TPSA) is 73.1 Å². The fourth-order valence-electron chi connectivity index (χ4n) is 1.82. The van der Waals surface area contributed by atoms with Gasteiger partial charge in [-0.2, -0.15) is 5.26 Å². The van der Waals surface area contributed by atoms with Gasteiger partial charge in [-0.05, 0) is 29.8 Å². The van der Waals surface area contributed by atoms with Crippen molar-refractivity contribution in [3.8, 4) is 11.8 Å². The van der Waals surface area contributed by atoms with Crippen molar-refractivity contribution in [2.75, 3.05) is 0 Å². The van der Waals surface area contributed by atoms with E-state index in [1.807, 2.05) is 36.4 Å². The molecule has 0 unspecified atom stereocenters. The Kier molecular flexibility index (Phi) is 5.18. The van der Waals surface area contributed by atoms with Crippen molar-refractivity contribution in [1.82, 2.24) is 5.32 Å². The number of halogens is 1. The maximum Gasteiger partial charge on any atom is 0.262 e. The molecule has 0 spiro atoms. The number of rotatable bonds is 4. The molecule has 22 heavy (non-hydrogen) atoms. The SMILES string of the molecule is N#C/C(=C/c1cc(Cl)ccc1O)C(=O)NCc1ccccc1. The molecule has 0 aliphatic carbocycles. The lowest BCUT2D eigenvalue weighted by atomic mass is 10.1. The van der Waals surface area contributed by atoms with Crippen molar-refractivity contribution < 1.29 is 9.90 Å². The Morgan fingerprint density at radius 3 is 2.68 bits per heavy atom. The van der Waals surface area contributed by atoms with Crippen LogP contribution >= 0.6 is 11.6 Å². The molecule has 0 aromatic heterocycles. The molecule has 110 valence electrons. The molecule has 0 aliphatic heterocycles. The highest BCUT2D eigenvalue weighted by molar-refractivity contribution is 6.30. The lowest BCUT2D eigenvalue weighted by Gasteiger charge is -2.05. The molecular formula is C17H13ClN2O2. The van der Waals surface area contributed by atoms with Crippen LogP contribution < -0.4 is 5.32 Å². The van der Waals surface area contributed by atoms with Gasteiger partial charge in [0.25, 0.3) is 5.91 Å². The van der Waals surface area contributed by atoms with E-state index < -0.39 is 5.91 Å². The van der Waals surface area contributed by atoms with E-state index in [1.165, 1.54) is 24.3 Å². The molecule has 4 nitrogen and oxygen atoms in total. The van der Waals surface area contributed by atoms with Gasteiger partial charge in [0.2, 0.25) is 0 Å². The standard InChI is InChI=1S/C17H13ClN2O2/c18-15-6-7-16(21)13(9-15)8-14(10-19)17(22)20-11-12-4-2-1-3-5-12/h1-9,21H,11H2,(H,20,22)/b14-8-. The van der Waals surface area contributed by atoms with Gasteiger partial charge in [0.15, 0.2) is 0 Å². The average Bonchev–Trinajstić information content (AvgIpc) is 2.54. The lowest BCUT2D eigenvalue weighted by molar-refractivity contribution is -0.117. The number of nitrogens with one attached hydrogen (secondary N) is 1. The molecule has 0 radical (unpaired) electrons. The predicted octanol–water partition coefficient (Wildman–Crippen LogP) is 3.27. The highest BCUT2D eigenvalue weighted by Gasteiger charge is 2.10. The van der Waals surface area contributed by atoms with Crippen molar-refractivity contribution in [1.29, 1.82) is 5.26 Å². The molecule has 2 N–H and O–H groups in total. The van der Waals surface area contributed by atoms with E-state index in [2.05, 4.69) is 5.32 Å². The number of nitriles is 1. The number of phenols is 1. The first-order valence-corrected chi connectivity index (χ1v) is 6.90. The second-order valence-corrected chi connectivity index (χ2v) is 4.98. The Bertz CT molecular complexity index is 749. The monoisotopic (exact) mass is 312 g/mol. The van der Waals surface area contributed by atoms with Crippen molar-refractivity contribution in [3.63, 3.8) is 0 Å². The number of carbonyl (C=O) groups is 1. The van der Waals surface area contributed by atoms with Crippen molar-refractivity contribution in [2.45, 2.75) is 6.54 Å². The number of hydrogen-bond acceptors (Lipinski definition) is 3. The molecule has 2 aromatic carbocycles. The summed E-state index contributed by atoms with van der Waals surface area (Å²) in [7, 11) is 0. The quantitative estimate of drug-likeness (QED) is 0.672. The van der Waals surface area contributed by atoms with Crippen LogP contribution in [0.5, 0.6) is 5.75 Å². The maximum absolute atomic E-state index is 12.0. The number of nitrogens with zero attached hydrogens (tertiary/aromatic N) is 1. The highest BCUT2D eigenvalue weighted by Crippen LogP contribution is 2.23. The van der Waals surface area contributed by atoms with E-state index in [-0.39, 0.29) is 11.3 Å².